The van der Waals surface area contributed by atoms with E-state index in [1.54, 1.807) is 10.8 Å². The molecule has 1 saturated heterocycles. The van der Waals surface area contributed by atoms with Crippen molar-refractivity contribution in [3.05, 3.63) is 22.9 Å². The van der Waals surface area contributed by atoms with Crippen LogP contribution in [0.5, 0.6) is 0 Å². The fraction of sp³-hybridized carbons (Fsp3) is 0.750. The number of H-pyrrole nitrogens is 1. The molecule has 2 heterocycles. The summed E-state index contributed by atoms with van der Waals surface area (Å²) in [5.74, 6) is 2.20. The number of piperidine rings is 1. The minimum atomic E-state index is 0.00210. The van der Waals surface area contributed by atoms with E-state index in [1.165, 1.54) is 31.7 Å². The highest BCUT2D eigenvalue weighted by Gasteiger charge is 2.18. The van der Waals surface area contributed by atoms with Crippen LogP contribution >= 0.6 is 11.8 Å². The largest absolute Gasteiger partial charge is 0.325 e. The summed E-state index contributed by atoms with van der Waals surface area (Å²) in [6.45, 7) is 4.16. The highest BCUT2D eigenvalue weighted by atomic mass is 32.2. The lowest BCUT2D eigenvalue weighted by atomic mass is 9.99. The van der Waals surface area contributed by atoms with Crippen LogP contribution in [0.4, 0.5) is 0 Å². The Morgan fingerprint density at radius 3 is 2.76 bits per heavy atom. The van der Waals surface area contributed by atoms with Gasteiger partial charge in [0.05, 0.1) is 0 Å². The number of nitrogens with zero attached hydrogens (tertiary/aromatic N) is 2. The second-order valence-corrected chi connectivity index (χ2v) is 5.61. The molecule has 0 amide bonds. The van der Waals surface area contributed by atoms with Crippen molar-refractivity contribution in [3.8, 4) is 0 Å². The summed E-state index contributed by atoms with van der Waals surface area (Å²) in [5, 5.41) is 0. The van der Waals surface area contributed by atoms with E-state index in [2.05, 4.69) is 16.1 Å². The molecule has 4 nitrogen and oxygen atoms in total. The maximum Gasteiger partial charge on any atom is 0.325 e. The molecule has 0 saturated carbocycles. The third-order valence-electron chi connectivity index (χ3n) is 3.49. The summed E-state index contributed by atoms with van der Waals surface area (Å²) in [6, 6.07) is 0. The second kappa shape index (κ2) is 6.31. The van der Waals surface area contributed by atoms with Crippen molar-refractivity contribution < 1.29 is 0 Å². The molecule has 0 radical (unpaired) electrons. The zero-order chi connectivity index (χ0) is 12.1. The molecule has 96 valence electrons. The SMILES string of the molecule is CSCC1CCN(CCn2cc[nH]c2=O)CC1. The van der Waals surface area contributed by atoms with E-state index in [4.69, 9.17) is 0 Å². The van der Waals surface area contributed by atoms with Crippen molar-refractivity contribution in [2.45, 2.75) is 19.4 Å². The maximum absolute atomic E-state index is 11.3. The molecule has 0 spiro atoms. The summed E-state index contributed by atoms with van der Waals surface area (Å²) >= 11 is 1.95. The van der Waals surface area contributed by atoms with Crippen molar-refractivity contribution >= 4 is 11.8 Å². The molecule has 17 heavy (non-hydrogen) atoms. The van der Waals surface area contributed by atoms with Crippen LogP contribution in [-0.2, 0) is 6.54 Å². The minimum absolute atomic E-state index is 0.00210. The predicted molar refractivity (Wildman–Crippen MR) is 72.6 cm³/mol. The maximum atomic E-state index is 11.3. The minimum Gasteiger partial charge on any atom is -0.313 e. The van der Waals surface area contributed by atoms with E-state index in [0.717, 1.165) is 19.0 Å². The Morgan fingerprint density at radius 2 is 2.18 bits per heavy atom. The van der Waals surface area contributed by atoms with E-state index in [9.17, 15) is 4.79 Å². The van der Waals surface area contributed by atoms with Gasteiger partial charge in [-0.2, -0.15) is 11.8 Å². The molecule has 1 aromatic heterocycles. The van der Waals surface area contributed by atoms with Crippen molar-refractivity contribution in [3.63, 3.8) is 0 Å². The molecule has 0 atom stereocenters. The molecular weight excluding hydrogens is 234 g/mol. The normalized spacial score (nSPS) is 18.6. The van der Waals surface area contributed by atoms with Gasteiger partial charge in [0.25, 0.3) is 0 Å². The standard InChI is InChI=1S/C12H21N3OS/c1-17-10-11-2-5-14(6-3-11)8-9-15-7-4-13-12(15)16/h4,7,11H,2-3,5-6,8-10H2,1H3,(H,13,16). The molecule has 0 unspecified atom stereocenters. The fourth-order valence-corrected chi connectivity index (χ4v) is 3.19. The zero-order valence-corrected chi connectivity index (χ0v) is 11.2. The lowest BCUT2D eigenvalue weighted by Gasteiger charge is -2.31. The van der Waals surface area contributed by atoms with Crippen LogP contribution in [0.3, 0.4) is 0 Å². The zero-order valence-electron chi connectivity index (χ0n) is 10.4. The first-order valence-electron chi connectivity index (χ1n) is 6.24. The molecule has 0 aromatic carbocycles. The summed E-state index contributed by atoms with van der Waals surface area (Å²) in [6.07, 6.45) is 8.33. The molecule has 1 fully saturated rings. The molecule has 1 aliphatic heterocycles. The average Bonchev–Trinajstić information content (AvgIpc) is 2.75. The molecule has 0 bridgehead atoms. The van der Waals surface area contributed by atoms with E-state index < -0.39 is 0 Å². The van der Waals surface area contributed by atoms with Gasteiger partial charge in [-0.3, -0.25) is 4.57 Å². The summed E-state index contributed by atoms with van der Waals surface area (Å²) < 4.78 is 1.74. The first-order chi connectivity index (χ1) is 8.29. The molecule has 0 aliphatic carbocycles. The van der Waals surface area contributed by atoms with Crippen LogP contribution in [0.15, 0.2) is 17.2 Å². The summed E-state index contributed by atoms with van der Waals surface area (Å²) in [4.78, 5) is 16.5. The molecule has 1 aromatic rings. The van der Waals surface area contributed by atoms with Crippen molar-refractivity contribution in [1.29, 1.82) is 0 Å². The number of nitrogens with one attached hydrogen (secondary N) is 1. The Balaban J connectivity index is 1.72. The molecule has 2 rings (SSSR count). The van der Waals surface area contributed by atoms with Crippen LogP contribution in [0.1, 0.15) is 12.8 Å². The summed E-state index contributed by atoms with van der Waals surface area (Å²) in [7, 11) is 0. The fourth-order valence-electron chi connectivity index (χ4n) is 2.39. The molecular formula is C12H21N3OS. The Kier molecular flexibility index (Phi) is 4.74. The highest BCUT2D eigenvalue weighted by Crippen LogP contribution is 2.20. The van der Waals surface area contributed by atoms with Crippen LogP contribution in [0.2, 0.25) is 0 Å². The van der Waals surface area contributed by atoms with E-state index >= 15 is 0 Å². The van der Waals surface area contributed by atoms with Gasteiger partial charge in [-0.15, -0.1) is 0 Å². The van der Waals surface area contributed by atoms with Crippen molar-refractivity contribution in [2.75, 3.05) is 31.6 Å². The van der Waals surface area contributed by atoms with Gasteiger partial charge in [0.15, 0.2) is 0 Å². The number of imidazole rings is 1. The lowest BCUT2D eigenvalue weighted by molar-refractivity contribution is 0.188. The first kappa shape index (κ1) is 12.8. The van der Waals surface area contributed by atoms with Crippen LogP contribution in [-0.4, -0.2) is 46.1 Å². The predicted octanol–water partition coefficient (Wildman–Crippen LogP) is 1.25. The van der Waals surface area contributed by atoms with Gasteiger partial charge in [-0.25, -0.2) is 4.79 Å². The van der Waals surface area contributed by atoms with Crippen LogP contribution < -0.4 is 5.69 Å². The van der Waals surface area contributed by atoms with Crippen molar-refractivity contribution in [2.24, 2.45) is 5.92 Å². The van der Waals surface area contributed by atoms with Gasteiger partial charge >= 0.3 is 5.69 Å². The number of hydrogen-bond donors (Lipinski definition) is 1. The Hall–Kier alpha value is -0.680. The van der Waals surface area contributed by atoms with Gasteiger partial charge in [0.2, 0.25) is 0 Å². The van der Waals surface area contributed by atoms with Gasteiger partial charge in [0, 0.05) is 25.5 Å². The third kappa shape index (κ3) is 3.64. The smallest absolute Gasteiger partial charge is 0.313 e. The molecule has 1 aliphatic rings. The number of likely N-dealkylation sites (tertiary alicyclic amines) is 1. The van der Waals surface area contributed by atoms with E-state index in [1.807, 2.05) is 18.0 Å². The molecule has 1 N–H and O–H groups in total. The van der Waals surface area contributed by atoms with E-state index in [-0.39, 0.29) is 5.69 Å². The Morgan fingerprint density at radius 1 is 1.41 bits per heavy atom. The average molecular weight is 255 g/mol. The highest BCUT2D eigenvalue weighted by molar-refractivity contribution is 7.98. The van der Waals surface area contributed by atoms with E-state index in [0.29, 0.717) is 0 Å². The van der Waals surface area contributed by atoms with Gasteiger partial charge in [-0.05, 0) is 43.9 Å². The van der Waals surface area contributed by atoms with Crippen LogP contribution in [0, 0.1) is 5.92 Å². The number of rotatable bonds is 5. The first-order valence-corrected chi connectivity index (χ1v) is 7.64. The number of hydrogen-bond acceptors (Lipinski definition) is 3. The Labute approximate surface area is 106 Å². The lowest BCUT2D eigenvalue weighted by Crippen LogP contribution is -2.37. The number of aromatic nitrogens is 2. The second-order valence-electron chi connectivity index (χ2n) is 4.70. The van der Waals surface area contributed by atoms with Gasteiger partial charge in [0.1, 0.15) is 0 Å². The number of thioether (sulfide) groups is 1. The Bertz CT molecular complexity index is 379. The molecule has 5 heteroatoms. The van der Waals surface area contributed by atoms with Gasteiger partial charge < -0.3 is 9.88 Å². The van der Waals surface area contributed by atoms with Crippen LogP contribution in [0.25, 0.3) is 0 Å². The summed E-state index contributed by atoms with van der Waals surface area (Å²) in [5.41, 5.74) is 0.00210. The third-order valence-corrected chi connectivity index (χ3v) is 4.29. The number of aromatic amines is 1. The topological polar surface area (TPSA) is 41.0 Å². The van der Waals surface area contributed by atoms with Crippen molar-refractivity contribution in [1.82, 2.24) is 14.5 Å². The van der Waals surface area contributed by atoms with Gasteiger partial charge in [-0.1, -0.05) is 0 Å². The quantitative estimate of drug-likeness (QED) is 0.861. The monoisotopic (exact) mass is 255 g/mol.